The third-order valence-corrected chi connectivity index (χ3v) is 7.14. The van der Waals surface area contributed by atoms with E-state index >= 15 is 0 Å². The van der Waals surface area contributed by atoms with E-state index in [1.807, 2.05) is 30.3 Å². The molecule has 1 aliphatic rings. The number of carbonyl (C=O) groups is 1. The number of anilines is 1. The molecule has 1 atom stereocenters. The van der Waals surface area contributed by atoms with Gasteiger partial charge in [-0.15, -0.1) is 0 Å². The summed E-state index contributed by atoms with van der Waals surface area (Å²) in [6.45, 7) is 0.287. The minimum Gasteiger partial charge on any atom is -0.497 e. The molecule has 3 N–H and O–H groups in total. The van der Waals surface area contributed by atoms with Crippen LogP contribution in [0.3, 0.4) is 0 Å². The Labute approximate surface area is 209 Å². The molecule has 0 radical (unpaired) electrons. The zero-order valence-corrected chi connectivity index (χ0v) is 20.4. The number of carbonyl (C=O) groups excluding carboxylic acids is 1. The van der Waals surface area contributed by atoms with Gasteiger partial charge in [0.1, 0.15) is 17.3 Å². The third kappa shape index (κ3) is 4.69. The maximum Gasteiger partial charge on any atom is 0.261 e. The van der Waals surface area contributed by atoms with Gasteiger partial charge in [-0.1, -0.05) is 12.1 Å². The standard InChI is InChI=1S/C26H25FN4O4S/c1-35-20-10-2-16(3-11-20)12-13-31(36(33)34)23-15-30-22(14-21(23)17-4-5-17)24(26(28)32)25(29-30)18-6-8-19(27)9-7-18/h2-3,6-11,14-15,17H,4-5,12-13H2,1H3,(H2,28,32)(H,33,34). The SMILES string of the molecule is COc1ccc(CCN(c2cn3nc(-c4ccc(F)cc4)c(C(N)=O)c3cc2C2CC2)S(=O)O)cc1. The van der Waals surface area contributed by atoms with Crippen LogP contribution in [-0.4, -0.2) is 37.9 Å². The van der Waals surface area contributed by atoms with Crippen LogP contribution in [0.5, 0.6) is 5.75 Å². The number of primary amides is 1. The van der Waals surface area contributed by atoms with E-state index in [0.717, 1.165) is 29.7 Å². The lowest BCUT2D eigenvalue weighted by atomic mass is 10.0. The largest absolute Gasteiger partial charge is 0.497 e. The summed E-state index contributed by atoms with van der Waals surface area (Å²) in [6.07, 6.45) is 4.09. The number of hydrogen-bond acceptors (Lipinski definition) is 4. The van der Waals surface area contributed by atoms with E-state index in [2.05, 4.69) is 5.10 Å². The summed E-state index contributed by atoms with van der Waals surface area (Å²) in [6, 6.07) is 15.0. The highest BCUT2D eigenvalue weighted by atomic mass is 32.2. The molecule has 1 amide bonds. The fraction of sp³-hybridized carbons (Fsp3) is 0.231. The molecule has 2 aromatic carbocycles. The molecule has 5 rings (SSSR count). The summed E-state index contributed by atoms with van der Waals surface area (Å²) in [5, 5.41) is 4.57. The van der Waals surface area contributed by atoms with Crippen molar-refractivity contribution >= 4 is 28.4 Å². The highest BCUT2D eigenvalue weighted by molar-refractivity contribution is 7.80. The Bertz CT molecular complexity index is 1450. The molecule has 4 aromatic rings. The molecule has 1 aliphatic carbocycles. The number of ether oxygens (including phenoxy) is 1. The Hall–Kier alpha value is -3.76. The van der Waals surface area contributed by atoms with Crippen LogP contribution in [0.15, 0.2) is 60.8 Å². The first-order valence-electron chi connectivity index (χ1n) is 11.5. The number of hydrogen-bond donors (Lipinski definition) is 2. The third-order valence-electron chi connectivity index (χ3n) is 6.38. The van der Waals surface area contributed by atoms with Crippen LogP contribution in [0.1, 0.15) is 40.2 Å². The molecule has 1 unspecified atom stereocenters. The normalized spacial score (nSPS) is 14.1. The average Bonchev–Trinajstić information content (AvgIpc) is 3.64. The van der Waals surface area contributed by atoms with Crippen molar-refractivity contribution in [2.45, 2.75) is 25.2 Å². The number of amides is 1. The lowest BCUT2D eigenvalue weighted by molar-refractivity contribution is 0.100. The number of nitrogens with two attached hydrogens (primary N) is 1. The van der Waals surface area contributed by atoms with Gasteiger partial charge in [-0.2, -0.15) is 5.10 Å². The highest BCUT2D eigenvalue weighted by Gasteiger charge is 2.31. The predicted molar refractivity (Wildman–Crippen MR) is 136 cm³/mol. The van der Waals surface area contributed by atoms with Crippen molar-refractivity contribution < 1.29 is 22.7 Å². The molecule has 0 spiro atoms. The van der Waals surface area contributed by atoms with Crippen LogP contribution in [0.25, 0.3) is 16.8 Å². The van der Waals surface area contributed by atoms with Crippen molar-refractivity contribution in [1.82, 2.24) is 9.61 Å². The fourth-order valence-electron chi connectivity index (χ4n) is 4.38. The fourth-order valence-corrected chi connectivity index (χ4v) is 4.95. The van der Waals surface area contributed by atoms with E-state index in [1.165, 1.54) is 33.1 Å². The summed E-state index contributed by atoms with van der Waals surface area (Å²) < 4.78 is 44.3. The van der Waals surface area contributed by atoms with Gasteiger partial charge in [0.15, 0.2) is 0 Å². The topological polar surface area (TPSA) is 110 Å². The number of halogens is 1. The first-order valence-corrected chi connectivity index (χ1v) is 12.6. The molecule has 36 heavy (non-hydrogen) atoms. The first-order chi connectivity index (χ1) is 17.4. The van der Waals surface area contributed by atoms with Gasteiger partial charge in [0.05, 0.1) is 30.1 Å². The maximum absolute atomic E-state index is 13.5. The number of benzene rings is 2. The van der Waals surface area contributed by atoms with Gasteiger partial charge < -0.3 is 10.5 Å². The molecule has 10 heteroatoms. The van der Waals surface area contributed by atoms with E-state index in [0.29, 0.717) is 28.9 Å². The molecular formula is C26H25FN4O4S. The Morgan fingerprint density at radius 1 is 1.22 bits per heavy atom. The zero-order valence-electron chi connectivity index (χ0n) is 19.6. The molecule has 186 valence electrons. The van der Waals surface area contributed by atoms with Gasteiger partial charge in [0, 0.05) is 12.1 Å². The van der Waals surface area contributed by atoms with Gasteiger partial charge in [0.2, 0.25) is 0 Å². The molecule has 8 nitrogen and oxygen atoms in total. The summed E-state index contributed by atoms with van der Waals surface area (Å²) in [7, 11) is 1.60. The second-order valence-electron chi connectivity index (χ2n) is 8.74. The Morgan fingerprint density at radius 3 is 2.50 bits per heavy atom. The van der Waals surface area contributed by atoms with Gasteiger partial charge >= 0.3 is 0 Å². The highest BCUT2D eigenvalue weighted by Crippen LogP contribution is 2.45. The van der Waals surface area contributed by atoms with Crippen LogP contribution in [0, 0.1) is 5.82 Å². The van der Waals surface area contributed by atoms with Crippen LogP contribution in [-0.2, 0) is 17.7 Å². The van der Waals surface area contributed by atoms with Crippen molar-refractivity contribution in [1.29, 1.82) is 0 Å². The van der Waals surface area contributed by atoms with Crippen LogP contribution < -0.4 is 14.8 Å². The van der Waals surface area contributed by atoms with Gasteiger partial charge in [-0.25, -0.2) is 13.1 Å². The smallest absolute Gasteiger partial charge is 0.261 e. The lowest BCUT2D eigenvalue weighted by Gasteiger charge is -2.23. The quantitative estimate of drug-likeness (QED) is 0.328. The minimum atomic E-state index is -2.29. The van der Waals surface area contributed by atoms with Crippen molar-refractivity contribution in [3.63, 3.8) is 0 Å². The summed E-state index contributed by atoms with van der Waals surface area (Å²) in [4.78, 5) is 12.5. The number of aromatic nitrogens is 2. The zero-order chi connectivity index (χ0) is 25.4. The second-order valence-corrected chi connectivity index (χ2v) is 9.65. The van der Waals surface area contributed by atoms with Gasteiger partial charge in [-0.3, -0.25) is 13.7 Å². The van der Waals surface area contributed by atoms with Crippen LogP contribution >= 0.6 is 0 Å². The van der Waals surface area contributed by atoms with Crippen LogP contribution in [0.2, 0.25) is 0 Å². The van der Waals surface area contributed by atoms with E-state index in [1.54, 1.807) is 13.3 Å². The number of fused-ring (bicyclic) bond motifs is 1. The molecule has 0 bridgehead atoms. The maximum atomic E-state index is 13.5. The summed E-state index contributed by atoms with van der Waals surface area (Å²) >= 11 is -2.29. The lowest BCUT2D eigenvalue weighted by Crippen LogP contribution is -2.29. The van der Waals surface area contributed by atoms with E-state index in [9.17, 15) is 17.9 Å². The minimum absolute atomic E-state index is 0.210. The Balaban J connectivity index is 1.58. The second kappa shape index (κ2) is 9.71. The monoisotopic (exact) mass is 508 g/mol. The van der Waals surface area contributed by atoms with E-state index in [-0.39, 0.29) is 18.0 Å². The number of methoxy groups -OCH3 is 1. The molecular weight excluding hydrogens is 483 g/mol. The van der Waals surface area contributed by atoms with E-state index in [4.69, 9.17) is 10.5 Å². The van der Waals surface area contributed by atoms with E-state index < -0.39 is 23.0 Å². The number of nitrogens with zero attached hydrogens (tertiary/aromatic N) is 3. The molecule has 1 fully saturated rings. The van der Waals surface area contributed by atoms with Gasteiger partial charge in [0.25, 0.3) is 17.2 Å². The average molecular weight is 509 g/mol. The molecule has 0 saturated heterocycles. The number of pyridine rings is 1. The van der Waals surface area contributed by atoms with Crippen molar-refractivity contribution in [2.75, 3.05) is 18.0 Å². The molecule has 0 aliphatic heterocycles. The van der Waals surface area contributed by atoms with Crippen molar-refractivity contribution in [2.24, 2.45) is 5.73 Å². The first kappa shape index (κ1) is 24.0. The van der Waals surface area contributed by atoms with Crippen LogP contribution in [0.4, 0.5) is 10.1 Å². The summed E-state index contributed by atoms with van der Waals surface area (Å²) in [5.41, 5.74) is 9.78. The Kier molecular flexibility index (Phi) is 6.46. The molecule has 2 aromatic heterocycles. The van der Waals surface area contributed by atoms with Gasteiger partial charge in [-0.05, 0) is 78.8 Å². The van der Waals surface area contributed by atoms with Crippen molar-refractivity contribution in [3.8, 4) is 17.0 Å². The number of rotatable bonds is 9. The molecule has 2 heterocycles. The Morgan fingerprint density at radius 2 is 1.92 bits per heavy atom. The molecule has 1 saturated carbocycles. The summed E-state index contributed by atoms with van der Waals surface area (Å²) in [5.74, 6) is -0.106. The van der Waals surface area contributed by atoms with Crippen molar-refractivity contribution in [3.05, 3.63) is 83.3 Å². The predicted octanol–water partition coefficient (Wildman–Crippen LogP) is 4.31.